The third kappa shape index (κ3) is 4.55. The van der Waals surface area contributed by atoms with Crippen LogP contribution in [-0.4, -0.2) is 65.4 Å². The van der Waals surface area contributed by atoms with Gasteiger partial charge in [-0.05, 0) is 24.8 Å². The number of anilines is 3. The highest BCUT2D eigenvalue weighted by molar-refractivity contribution is 5.44. The van der Waals surface area contributed by atoms with E-state index in [0.29, 0.717) is 24.7 Å². The maximum atomic E-state index is 14.8. The molecule has 0 spiro atoms. The Morgan fingerprint density at radius 2 is 1.83 bits per heavy atom. The highest BCUT2D eigenvalue weighted by Crippen LogP contribution is 2.26. The molecule has 4 heterocycles. The normalized spacial score (nSPS) is 18.3. The topological polar surface area (TPSA) is 79.3 Å². The Hall–Kier alpha value is -2.55. The summed E-state index contributed by atoms with van der Waals surface area (Å²) in [5.74, 6) is 1.73. The molecular formula is C20H28FN7O. The van der Waals surface area contributed by atoms with Crippen LogP contribution < -0.4 is 15.1 Å². The van der Waals surface area contributed by atoms with Crippen LogP contribution in [0.15, 0.2) is 18.6 Å². The summed E-state index contributed by atoms with van der Waals surface area (Å²) in [7, 11) is 0. The van der Waals surface area contributed by atoms with E-state index in [4.69, 9.17) is 4.74 Å². The summed E-state index contributed by atoms with van der Waals surface area (Å²) in [5.41, 5.74) is 0.479. The monoisotopic (exact) mass is 401 g/mol. The van der Waals surface area contributed by atoms with E-state index in [-0.39, 0.29) is 17.8 Å². The highest BCUT2D eigenvalue weighted by atomic mass is 19.1. The predicted molar refractivity (Wildman–Crippen MR) is 110 cm³/mol. The third-order valence-electron chi connectivity index (χ3n) is 5.43. The number of nitrogens with zero attached hydrogens (tertiary/aromatic N) is 6. The van der Waals surface area contributed by atoms with Crippen molar-refractivity contribution in [3.8, 4) is 0 Å². The van der Waals surface area contributed by atoms with Gasteiger partial charge in [0, 0.05) is 38.4 Å². The summed E-state index contributed by atoms with van der Waals surface area (Å²) in [5, 5.41) is 3.51. The molecule has 0 aliphatic carbocycles. The van der Waals surface area contributed by atoms with Crippen LogP contribution in [-0.2, 0) is 4.74 Å². The molecule has 4 rings (SSSR count). The minimum atomic E-state index is -0.292. The molecule has 0 saturated carbocycles. The molecule has 8 nitrogen and oxygen atoms in total. The van der Waals surface area contributed by atoms with E-state index in [0.717, 1.165) is 50.8 Å². The number of ether oxygens (including phenoxy) is 1. The van der Waals surface area contributed by atoms with E-state index in [1.165, 1.54) is 6.33 Å². The number of piperidine rings is 1. The molecular weight excluding hydrogens is 373 g/mol. The van der Waals surface area contributed by atoms with Crippen molar-refractivity contribution < 1.29 is 9.13 Å². The van der Waals surface area contributed by atoms with Crippen LogP contribution in [0.3, 0.4) is 0 Å². The molecule has 0 atom stereocenters. The van der Waals surface area contributed by atoms with Crippen molar-refractivity contribution in [3.05, 3.63) is 30.1 Å². The second-order valence-electron chi connectivity index (χ2n) is 7.80. The molecule has 156 valence electrons. The Morgan fingerprint density at radius 1 is 1.07 bits per heavy atom. The van der Waals surface area contributed by atoms with E-state index in [2.05, 4.69) is 30.2 Å². The van der Waals surface area contributed by atoms with Gasteiger partial charge in [-0.1, -0.05) is 13.8 Å². The summed E-state index contributed by atoms with van der Waals surface area (Å²) in [6.45, 7) is 8.40. The summed E-state index contributed by atoms with van der Waals surface area (Å²) in [6.07, 6.45) is 5.03. The number of morpholine rings is 1. The molecule has 2 aliphatic rings. The summed E-state index contributed by atoms with van der Waals surface area (Å²) in [6, 6.07) is 2.18. The number of hydrogen-bond acceptors (Lipinski definition) is 8. The fourth-order valence-corrected chi connectivity index (χ4v) is 3.79. The van der Waals surface area contributed by atoms with Gasteiger partial charge in [-0.3, -0.25) is 0 Å². The van der Waals surface area contributed by atoms with Crippen LogP contribution >= 0.6 is 0 Å². The second-order valence-corrected chi connectivity index (χ2v) is 7.80. The lowest BCUT2D eigenvalue weighted by Gasteiger charge is -2.34. The van der Waals surface area contributed by atoms with Crippen molar-refractivity contribution in [2.75, 3.05) is 54.5 Å². The van der Waals surface area contributed by atoms with Gasteiger partial charge >= 0.3 is 0 Å². The highest BCUT2D eigenvalue weighted by Gasteiger charge is 2.25. The molecule has 0 unspecified atom stereocenters. The second kappa shape index (κ2) is 8.86. The quantitative estimate of drug-likeness (QED) is 0.819. The molecule has 1 N–H and O–H groups in total. The molecule has 0 amide bonds. The molecule has 0 aromatic carbocycles. The first-order valence-corrected chi connectivity index (χ1v) is 10.3. The SMILES string of the molecule is CC(C)c1ncnc(N2CCC(Nc3ccnc(N4CCOCC4)n3)CC2)c1F. The molecule has 2 aromatic rings. The van der Waals surface area contributed by atoms with Gasteiger partial charge in [-0.25, -0.2) is 19.3 Å². The van der Waals surface area contributed by atoms with Crippen LogP contribution in [0, 0.1) is 5.82 Å². The minimum absolute atomic E-state index is 0.0365. The molecule has 2 fully saturated rings. The Bertz CT molecular complexity index is 820. The smallest absolute Gasteiger partial charge is 0.227 e. The molecule has 2 aromatic heterocycles. The van der Waals surface area contributed by atoms with Crippen molar-refractivity contribution in [1.82, 2.24) is 19.9 Å². The van der Waals surface area contributed by atoms with Crippen LogP contribution in [0.1, 0.15) is 38.3 Å². The lowest BCUT2D eigenvalue weighted by Crippen LogP contribution is -2.40. The predicted octanol–water partition coefficient (Wildman–Crippen LogP) is 2.45. The van der Waals surface area contributed by atoms with E-state index < -0.39 is 0 Å². The largest absolute Gasteiger partial charge is 0.378 e. The maximum absolute atomic E-state index is 14.8. The minimum Gasteiger partial charge on any atom is -0.378 e. The molecule has 2 aliphatic heterocycles. The number of rotatable bonds is 5. The zero-order valence-corrected chi connectivity index (χ0v) is 17.0. The van der Waals surface area contributed by atoms with Crippen molar-refractivity contribution in [1.29, 1.82) is 0 Å². The van der Waals surface area contributed by atoms with Crippen LogP contribution in [0.25, 0.3) is 0 Å². The maximum Gasteiger partial charge on any atom is 0.227 e. The Morgan fingerprint density at radius 3 is 2.55 bits per heavy atom. The number of halogens is 1. The van der Waals surface area contributed by atoms with Crippen LogP contribution in [0.5, 0.6) is 0 Å². The van der Waals surface area contributed by atoms with Gasteiger partial charge in [0.05, 0.1) is 18.9 Å². The summed E-state index contributed by atoms with van der Waals surface area (Å²) in [4.78, 5) is 21.5. The summed E-state index contributed by atoms with van der Waals surface area (Å²) < 4.78 is 20.2. The molecule has 0 bridgehead atoms. The van der Waals surface area contributed by atoms with E-state index in [1.807, 2.05) is 24.8 Å². The third-order valence-corrected chi connectivity index (χ3v) is 5.43. The van der Waals surface area contributed by atoms with E-state index >= 15 is 0 Å². The summed E-state index contributed by atoms with van der Waals surface area (Å²) >= 11 is 0. The molecule has 0 radical (unpaired) electrons. The van der Waals surface area contributed by atoms with Crippen molar-refractivity contribution in [2.45, 2.75) is 38.6 Å². The van der Waals surface area contributed by atoms with Gasteiger partial charge in [-0.15, -0.1) is 0 Å². The van der Waals surface area contributed by atoms with Gasteiger partial charge in [0.25, 0.3) is 0 Å². The lowest BCUT2D eigenvalue weighted by atomic mass is 10.0. The lowest BCUT2D eigenvalue weighted by molar-refractivity contribution is 0.122. The fraction of sp³-hybridized carbons (Fsp3) is 0.600. The van der Waals surface area contributed by atoms with Gasteiger partial charge in [0.15, 0.2) is 11.6 Å². The number of nitrogens with one attached hydrogen (secondary N) is 1. The molecule has 9 heteroatoms. The van der Waals surface area contributed by atoms with Crippen molar-refractivity contribution >= 4 is 17.6 Å². The van der Waals surface area contributed by atoms with Gasteiger partial charge in [0.1, 0.15) is 12.1 Å². The fourth-order valence-electron chi connectivity index (χ4n) is 3.79. The Balaban J connectivity index is 1.37. The Kier molecular flexibility index (Phi) is 6.03. The van der Waals surface area contributed by atoms with E-state index in [9.17, 15) is 4.39 Å². The average molecular weight is 401 g/mol. The number of hydrogen-bond donors (Lipinski definition) is 1. The van der Waals surface area contributed by atoms with Crippen molar-refractivity contribution in [2.24, 2.45) is 0 Å². The first kappa shape index (κ1) is 19.8. The first-order valence-electron chi connectivity index (χ1n) is 10.3. The Labute approximate surface area is 170 Å². The average Bonchev–Trinajstić information content (AvgIpc) is 2.75. The first-order chi connectivity index (χ1) is 14.1. The van der Waals surface area contributed by atoms with Crippen LogP contribution in [0.2, 0.25) is 0 Å². The zero-order valence-electron chi connectivity index (χ0n) is 17.0. The molecule has 2 saturated heterocycles. The van der Waals surface area contributed by atoms with Crippen molar-refractivity contribution in [3.63, 3.8) is 0 Å². The van der Waals surface area contributed by atoms with Gasteiger partial charge < -0.3 is 19.9 Å². The van der Waals surface area contributed by atoms with Gasteiger partial charge in [0.2, 0.25) is 5.95 Å². The van der Waals surface area contributed by atoms with Gasteiger partial charge in [-0.2, -0.15) is 4.98 Å². The standard InChI is InChI=1S/C20H28FN7O/c1-14(2)18-17(21)19(24-13-23-18)27-7-4-15(5-8-27)25-16-3-6-22-20(26-16)28-9-11-29-12-10-28/h3,6,13-15H,4-5,7-12H2,1-2H3,(H,22,25,26). The zero-order chi connectivity index (χ0) is 20.2. The van der Waals surface area contributed by atoms with E-state index in [1.54, 1.807) is 6.20 Å². The number of aromatic nitrogens is 4. The molecule has 29 heavy (non-hydrogen) atoms. The van der Waals surface area contributed by atoms with Crippen LogP contribution in [0.4, 0.5) is 22.0 Å².